The van der Waals surface area contributed by atoms with E-state index in [0.29, 0.717) is 0 Å². The van der Waals surface area contributed by atoms with Gasteiger partial charge in [0.15, 0.2) is 11.6 Å². The Hall–Kier alpha value is -3.01. The van der Waals surface area contributed by atoms with Crippen LogP contribution < -0.4 is 4.74 Å². The highest BCUT2D eigenvalue weighted by molar-refractivity contribution is 5.42. The topological polar surface area (TPSA) is 76.2 Å². The summed E-state index contributed by atoms with van der Waals surface area (Å²) in [6, 6.07) is 8.14. The molecule has 0 aliphatic rings. The van der Waals surface area contributed by atoms with Crippen molar-refractivity contribution in [2.24, 2.45) is 0 Å². The third-order valence-electron chi connectivity index (χ3n) is 2.40. The van der Waals surface area contributed by atoms with Crippen LogP contribution in [0.25, 0.3) is 0 Å². The van der Waals surface area contributed by atoms with Gasteiger partial charge in [-0.3, -0.25) is 10.1 Å². The van der Waals surface area contributed by atoms with E-state index in [2.05, 4.69) is 0 Å². The SMILES string of the molecule is N#Cc1ccc(Oc2ccc([N+](=O)[O-])c(F)c2)c(F)c1. The molecular formula is C13H6F2N2O3. The van der Waals surface area contributed by atoms with Gasteiger partial charge in [-0.2, -0.15) is 9.65 Å². The Balaban J connectivity index is 2.29. The van der Waals surface area contributed by atoms with E-state index in [1.807, 2.05) is 0 Å². The van der Waals surface area contributed by atoms with Crippen molar-refractivity contribution < 1.29 is 18.4 Å². The summed E-state index contributed by atoms with van der Waals surface area (Å²) in [4.78, 5) is 9.58. The highest BCUT2D eigenvalue weighted by Gasteiger charge is 2.15. The molecule has 2 aromatic rings. The van der Waals surface area contributed by atoms with Gasteiger partial charge in [-0.25, -0.2) is 4.39 Å². The predicted octanol–water partition coefficient (Wildman–Crippen LogP) is 3.54. The summed E-state index contributed by atoms with van der Waals surface area (Å²) >= 11 is 0. The van der Waals surface area contributed by atoms with Crippen molar-refractivity contribution in [1.82, 2.24) is 0 Å². The van der Waals surface area contributed by atoms with Crippen molar-refractivity contribution >= 4 is 5.69 Å². The highest BCUT2D eigenvalue weighted by Crippen LogP contribution is 2.28. The number of nitriles is 1. The van der Waals surface area contributed by atoms with E-state index in [4.69, 9.17) is 10.00 Å². The van der Waals surface area contributed by atoms with Crippen molar-refractivity contribution in [3.05, 3.63) is 63.7 Å². The molecule has 0 saturated carbocycles. The van der Waals surface area contributed by atoms with E-state index in [9.17, 15) is 18.9 Å². The smallest absolute Gasteiger partial charge is 0.305 e. The van der Waals surface area contributed by atoms with Crippen LogP contribution in [-0.4, -0.2) is 4.92 Å². The zero-order valence-corrected chi connectivity index (χ0v) is 9.84. The largest absolute Gasteiger partial charge is 0.454 e. The quantitative estimate of drug-likeness (QED) is 0.634. The van der Waals surface area contributed by atoms with Crippen LogP contribution in [-0.2, 0) is 0 Å². The maximum absolute atomic E-state index is 13.6. The number of halogens is 2. The first kappa shape index (κ1) is 13.4. The van der Waals surface area contributed by atoms with E-state index >= 15 is 0 Å². The van der Waals surface area contributed by atoms with Crippen LogP contribution in [0.2, 0.25) is 0 Å². The Labute approximate surface area is 111 Å². The van der Waals surface area contributed by atoms with E-state index in [1.54, 1.807) is 6.07 Å². The molecule has 0 aliphatic heterocycles. The van der Waals surface area contributed by atoms with E-state index in [0.717, 1.165) is 24.3 Å². The Kier molecular flexibility index (Phi) is 3.57. The lowest BCUT2D eigenvalue weighted by molar-refractivity contribution is -0.387. The van der Waals surface area contributed by atoms with Gasteiger partial charge in [0.1, 0.15) is 5.75 Å². The number of ether oxygens (including phenoxy) is 1. The van der Waals surface area contributed by atoms with Gasteiger partial charge in [0.25, 0.3) is 0 Å². The second kappa shape index (κ2) is 5.32. The van der Waals surface area contributed by atoms with Crippen molar-refractivity contribution in [1.29, 1.82) is 5.26 Å². The molecule has 0 aliphatic carbocycles. The molecule has 0 unspecified atom stereocenters. The van der Waals surface area contributed by atoms with Gasteiger partial charge in [-0.15, -0.1) is 0 Å². The summed E-state index contributed by atoms with van der Waals surface area (Å²) in [5, 5.41) is 19.0. The van der Waals surface area contributed by atoms with Crippen LogP contribution in [0.5, 0.6) is 11.5 Å². The lowest BCUT2D eigenvalue weighted by Gasteiger charge is -2.06. The molecule has 0 amide bonds. The molecule has 20 heavy (non-hydrogen) atoms. The van der Waals surface area contributed by atoms with E-state index in [-0.39, 0.29) is 17.1 Å². The summed E-state index contributed by atoms with van der Waals surface area (Å²) in [6.45, 7) is 0. The molecule has 0 saturated heterocycles. The normalized spacial score (nSPS) is 9.85. The molecule has 100 valence electrons. The fraction of sp³-hybridized carbons (Fsp3) is 0. The first-order valence-electron chi connectivity index (χ1n) is 5.32. The molecule has 0 fully saturated rings. The standard InChI is InChI=1S/C13H6F2N2O3/c14-10-6-9(2-3-12(10)17(18)19)20-13-4-1-8(7-16)5-11(13)15/h1-6H. The third kappa shape index (κ3) is 2.70. The maximum Gasteiger partial charge on any atom is 0.305 e. The minimum Gasteiger partial charge on any atom is -0.454 e. The van der Waals surface area contributed by atoms with Crippen LogP contribution >= 0.6 is 0 Å². The van der Waals surface area contributed by atoms with Crippen LogP contribution in [0.15, 0.2) is 36.4 Å². The van der Waals surface area contributed by atoms with Gasteiger partial charge in [-0.05, 0) is 24.3 Å². The Morgan fingerprint density at radius 2 is 1.90 bits per heavy atom. The van der Waals surface area contributed by atoms with Crippen molar-refractivity contribution in [3.63, 3.8) is 0 Å². The second-order valence-corrected chi connectivity index (χ2v) is 3.73. The molecule has 2 aromatic carbocycles. The Morgan fingerprint density at radius 3 is 2.45 bits per heavy atom. The second-order valence-electron chi connectivity index (χ2n) is 3.73. The minimum atomic E-state index is -1.08. The fourth-order valence-electron chi connectivity index (χ4n) is 1.48. The lowest BCUT2D eigenvalue weighted by Crippen LogP contribution is -1.94. The third-order valence-corrected chi connectivity index (χ3v) is 2.40. The molecule has 7 heteroatoms. The van der Waals surface area contributed by atoms with Crippen LogP contribution in [0.3, 0.4) is 0 Å². The van der Waals surface area contributed by atoms with Crippen LogP contribution in [0.4, 0.5) is 14.5 Å². The average molecular weight is 276 g/mol. The summed E-state index contributed by atoms with van der Waals surface area (Å²) in [5.74, 6) is -2.17. The average Bonchev–Trinajstić information content (AvgIpc) is 2.40. The molecule has 0 bridgehead atoms. The van der Waals surface area contributed by atoms with Gasteiger partial charge in [0.05, 0.1) is 16.6 Å². The molecule has 0 spiro atoms. The van der Waals surface area contributed by atoms with Gasteiger partial charge in [0.2, 0.25) is 5.82 Å². The number of benzene rings is 2. The van der Waals surface area contributed by atoms with Crippen molar-refractivity contribution in [2.75, 3.05) is 0 Å². The molecule has 0 N–H and O–H groups in total. The maximum atomic E-state index is 13.6. The molecular weight excluding hydrogens is 270 g/mol. The van der Waals surface area contributed by atoms with Gasteiger partial charge >= 0.3 is 5.69 Å². The first-order valence-corrected chi connectivity index (χ1v) is 5.32. The van der Waals surface area contributed by atoms with Gasteiger partial charge in [-0.1, -0.05) is 0 Å². The van der Waals surface area contributed by atoms with Crippen LogP contribution in [0, 0.1) is 33.1 Å². The molecule has 0 aromatic heterocycles. The lowest BCUT2D eigenvalue weighted by atomic mass is 10.2. The monoisotopic (exact) mass is 276 g/mol. The minimum absolute atomic E-state index is 0.0864. The number of nitro groups is 1. The van der Waals surface area contributed by atoms with Crippen molar-refractivity contribution in [3.8, 4) is 17.6 Å². The molecule has 0 atom stereocenters. The highest BCUT2D eigenvalue weighted by atomic mass is 19.1. The molecule has 5 nitrogen and oxygen atoms in total. The number of hydrogen-bond acceptors (Lipinski definition) is 4. The van der Waals surface area contributed by atoms with Crippen molar-refractivity contribution in [2.45, 2.75) is 0 Å². The van der Waals surface area contributed by atoms with Gasteiger partial charge < -0.3 is 4.74 Å². The number of nitro benzene ring substituents is 1. The van der Waals surface area contributed by atoms with E-state index in [1.165, 1.54) is 12.1 Å². The Morgan fingerprint density at radius 1 is 1.15 bits per heavy atom. The zero-order valence-electron chi connectivity index (χ0n) is 9.84. The summed E-state index contributed by atoms with van der Waals surface area (Å²) in [7, 11) is 0. The van der Waals surface area contributed by atoms with Crippen LogP contribution in [0.1, 0.15) is 5.56 Å². The Bertz CT molecular complexity index is 726. The molecule has 2 rings (SSSR count). The zero-order chi connectivity index (χ0) is 14.7. The van der Waals surface area contributed by atoms with E-state index < -0.39 is 22.2 Å². The summed E-state index contributed by atoms with van der Waals surface area (Å²) in [6.07, 6.45) is 0. The predicted molar refractivity (Wildman–Crippen MR) is 64.2 cm³/mol. The number of nitrogens with zero attached hydrogens (tertiary/aromatic N) is 2. The summed E-state index contributed by atoms with van der Waals surface area (Å²) in [5.41, 5.74) is -0.581. The molecule has 0 radical (unpaired) electrons. The summed E-state index contributed by atoms with van der Waals surface area (Å²) < 4.78 is 32.0. The number of hydrogen-bond donors (Lipinski definition) is 0. The molecule has 0 heterocycles. The van der Waals surface area contributed by atoms with Gasteiger partial charge in [0, 0.05) is 12.1 Å². The first-order chi connectivity index (χ1) is 9.51. The fourth-order valence-corrected chi connectivity index (χ4v) is 1.48. The number of rotatable bonds is 3.